The fourth-order valence-electron chi connectivity index (χ4n) is 5.52. The molecule has 14 heteroatoms. The molecule has 0 spiro atoms. The first-order chi connectivity index (χ1) is 20.5. The van der Waals surface area contributed by atoms with Crippen molar-refractivity contribution in [1.82, 2.24) is 14.7 Å². The maximum absolute atomic E-state index is 13.7. The molecule has 4 rings (SSSR count). The summed E-state index contributed by atoms with van der Waals surface area (Å²) in [5.41, 5.74) is -2.09. The lowest BCUT2D eigenvalue weighted by Crippen LogP contribution is -2.46. The Morgan fingerprint density at radius 1 is 0.864 bits per heavy atom. The van der Waals surface area contributed by atoms with Crippen molar-refractivity contribution in [2.75, 3.05) is 33.2 Å². The van der Waals surface area contributed by atoms with Crippen molar-refractivity contribution in [2.24, 2.45) is 5.92 Å². The largest absolute Gasteiger partial charge is 0.416 e. The first-order valence-electron chi connectivity index (χ1n) is 13.7. The third-order valence-electron chi connectivity index (χ3n) is 7.89. The molecule has 0 unspecified atom stereocenters. The van der Waals surface area contributed by atoms with Crippen molar-refractivity contribution < 1.29 is 40.7 Å². The van der Waals surface area contributed by atoms with Crippen molar-refractivity contribution >= 4 is 46.5 Å². The van der Waals surface area contributed by atoms with Crippen molar-refractivity contribution in [3.8, 4) is 0 Å². The Labute approximate surface area is 260 Å². The van der Waals surface area contributed by atoms with Crippen molar-refractivity contribution in [2.45, 2.75) is 45.1 Å². The van der Waals surface area contributed by atoms with Crippen LogP contribution in [0, 0.1) is 5.92 Å². The van der Waals surface area contributed by atoms with Crippen LogP contribution in [-0.2, 0) is 33.3 Å². The molecule has 2 heterocycles. The van der Waals surface area contributed by atoms with Crippen LogP contribution in [0.4, 0.5) is 26.3 Å². The van der Waals surface area contributed by atoms with Crippen LogP contribution in [0.1, 0.15) is 48.4 Å². The van der Waals surface area contributed by atoms with E-state index in [0.29, 0.717) is 49.2 Å². The van der Waals surface area contributed by atoms with E-state index in [1.165, 1.54) is 26.1 Å². The van der Waals surface area contributed by atoms with E-state index in [0.717, 1.165) is 4.90 Å². The quantitative estimate of drug-likeness (QED) is 0.326. The van der Waals surface area contributed by atoms with Gasteiger partial charge in [0.2, 0.25) is 17.7 Å². The van der Waals surface area contributed by atoms with Crippen LogP contribution < -0.4 is 0 Å². The van der Waals surface area contributed by atoms with Gasteiger partial charge in [-0.25, -0.2) is 0 Å². The van der Waals surface area contributed by atoms with Gasteiger partial charge in [-0.2, -0.15) is 26.3 Å². The molecule has 3 amide bonds. The van der Waals surface area contributed by atoms with Crippen LogP contribution in [0.5, 0.6) is 0 Å². The van der Waals surface area contributed by atoms with Crippen molar-refractivity contribution in [3.05, 3.63) is 74.3 Å². The Bertz CT molecular complexity index is 1450. The van der Waals surface area contributed by atoms with Gasteiger partial charge in [0.25, 0.3) is 0 Å². The topological polar surface area (TPSA) is 60.9 Å². The highest BCUT2D eigenvalue weighted by molar-refractivity contribution is 6.42. The number of benzene rings is 2. The Morgan fingerprint density at radius 3 is 1.98 bits per heavy atom. The number of carbonyl (C=O) groups excluding carboxylic acids is 3. The summed E-state index contributed by atoms with van der Waals surface area (Å²) in [4.78, 5) is 43.2. The van der Waals surface area contributed by atoms with Crippen LogP contribution in [0.25, 0.3) is 5.57 Å². The zero-order valence-electron chi connectivity index (χ0n) is 23.8. The maximum atomic E-state index is 13.7. The second kappa shape index (κ2) is 13.0. The van der Waals surface area contributed by atoms with Gasteiger partial charge < -0.3 is 14.7 Å². The van der Waals surface area contributed by atoms with E-state index in [2.05, 4.69) is 0 Å². The lowest BCUT2D eigenvalue weighted by Gasteiger charge is -2.37. The highest BCUT2D eigenvalue weighted by Crippen LogP contribution is 2.37. The lowest BCUT2D eigenvalue weighted by atomic mass is 9.90. The molecule has 6 nitrogen and oxygen atoms in total. The summed E-state index contributed by atoms with van der Waals surface area (Å²) in [5, 5.41) is 0.451. The number of rotatable bonds is 5. The summed E-state index contributed by atoms with van der Waals surface area (Å²) in [6, 6.07) is 5.90. The van der Waals surface area contributed by atoms with Crippen molar-refractivity contribution in [1.29, 1.82) is 0 Å². The second-order valence-corrected chi connectivity index (χ2v) is 11.8. The van der Waals surface area contributed by atoms with E-state index >= 15 is 0 Å². The zero-order valence-corrected chi connectivity index (χ0v) is 25.3. The number of halogens is 8. The SMILES string of the molecule is CC(=O)N1CCC(C(=O)N2CCC(C(=O)N(C)Cc3cc(C(F)(F)F)cc(C(F)(F)F)c3)=C(c3ccc(Cl)c(Cl)c3)C2)CC1. The van der Waals surface area contributed by atoms with Gasteiger partial charge in [0, 0.05) is 58.2 Å². The summed E-state index contributed by atoms with van der Waals surface area (Å²) < 4.78 is 80.3. The molecular weight excluding hydrogens is 635 g/mol. The molecule has 2 aromatic rings. The highest BCUT2D eigenvalue weighted by Gasteiger charge is 2.38. The molecule has 0 N–H and O–H groups in total. The molecule has 1 fully saturated rings. The minimum atomic E-state index is -5.02. The first kappa shape index (κ1) is 33.6. The predicted molar refractivity (Wildman–Crippen MR) is 152 cm³/mol. The fourth-order valence-corrected chi connectivity index (χ4v) is 5.82. The fraction of sp³-hybridized carbons (Fsp3) is 0.433. The van der Waals surface area contributed by atoms with E-state index in [1.807, 2.05) is 0 Å². The first-order valence-corrected chi connectivity index (χ1v) is 14.5. The number of hydrogen-bond acceptors (Lipinski definition) is 3. The van der Waals surface area contributed by atoms with E-state index in [9.17, 15) is 40.7 Å². The molecule has 0 radical (unpaired) electrons. The van der Waals surface area contributed by atoms with Crippen LogP contribution in [0.3, 0.4) is 0 Å². The van der Waals surface area contributed by atoms with E-state index in [4.69, 9.17) is 23.2 Å². The summed E-state index contributed by atoms with van der Waals surface area (Å²) in [5.74, 6) is -1.12. The third kappa shape index (κ3) is 7.69. The van der Waals surface area contributed by atoms with Gasteiger partial charge in [0.05, 0.1) is 21.2 Å². The molecule has 2 aliphatic heterocycles. The Balaban J connectivity index is 1.63. The highest BCUT2D eigenvalue weighted by atomic mass is 35.5. The van der Waals surface area contributed by atoms with Gasteiger partial charge in [0.15, 0.2) is 0 Å². The maximum Gasteiger partial charge on any atom is 0.416 e. The molecule has 0 atom stereocenters. The van der Waals surface area contributed by atoms with Crippen LogP contribution >= 0.6 is 23.2 Å². The Morgan fingerprint density at radius 2 is 1.45 bits per heavy atom. The molecule has 238 valence electrons. The molecule has 2 aromatic carbocycles. The van der Waals surface area contributed by atoms with Gasteiger partial charge >= 0.3 is 12.4 Å². The Kier molecular flexibility index (Phi) is 9.94. The number of hydrogen-bond donors (Lipinski definition) is 0. The van der Waals surface area contributed by atoms with E-state index in [1.54, 1.807) is 15.9 Å². The van der Waals surface area contributed by atoms with Gasteiger partial charge in [-0.1, -0.05) is 29.3 Å². The van der Waals surface area contributed by atoms with Crippen LogP contribution in [0.15, 0.2) is 42.0 Å². The number of amides is 3. The van der Waals surface area contributed by atoms with Crippen LogP contribution in [-0.4, -0.2) is 65.6 Å². The van der Waals surface area contributed by atoms with E-state index in [-0.39, 0.29) is 64.5 Å². The summed E-state index contributed by atoms with van der Waals surface area (Å²) in [6.45, 7) is 2.05. The normalized spacial score (nSPS) is 16.8. The summed E-state index contributed by atoms with van der Waals surface area (Å²) in [7, 11) is 1.29. The number of alkyl halides is 6. The van der Waals surface area contributed by atoms with Gasteiger partial charge in [-0.15, -0.1) is 0 Å². The van der Waals surface area contributed by atoms with E-state index < -0.39 is 35.9 Å². The molecule has 44 heavy (non-hydrogen) atoms. The molecular formula is C30H29Cl2F6N3O3. The Hall–Kier alpha value is -3.25. The zero-order chi connectivity index (χ0) is 32.6. The average Bonchev–Trinajstić information content (AvgIpc) is 2.96. The number of carbonyl (C=O) groups is 3. The summed E-state index contributed by atoms with van der Waals surface area (Å²) >= 11 is 12.3. The van der Waals surface area contributed by atoms with Gasteiger partial charge in [-0.3, -0.25) is 14.4 Å². The van der Waals surface area contributed by atoms with Crippen molar-refractivity contribution in [3.63, 3.8) is 0 Å². The molecule has 0 aliphatic carbocycles. The number of piperidine rings is 1. The number of nitrogens with zero attached hydrogens (tertiary/aromatic N) is 3. The monoisotopic (exact) mass is 663 g/mol. The third-order valence-corrected chi connectivity index (χ3v) is 8.63. The summed E-state index contributed by atoms with van der Waals surface area (Å²) in [6.07, 6.45) is -8.97. The standard InChI is InChI=1S/C30H29Cl2F6N3O3/c1-17(42)40-8-5-19(6-9-40)27(43)41-10-7-23(24(16-41)20-3-4-25(31)26(32)13-20)28(44)39(2)15-18-11-21(29(33,34)35)14-22(12-18)30(36,37)38/h3-4,11-14,19H,5-10,15-16H2,1-2H3. The molecule has 0 saturated carbocycles. The van der Waals surface area contributed by atoms with Crippen LogP contribution in [0.2, 0.25) is 10.0 Å². The minimum Gasteiger partial charge on any atom is -0.343 e. The lowest BCUT2D eigenvalue weighted by molar-refractivity contribution is -0.143. The number of likely N-dealkylation sites (N-methyl/N-ethyl adjacent to an activating group) is 1. The molecule has 2 aliphatic rings. The molecule has 0 bridgehead atoms. The number of likely N-dealkylation sites (tertiary alicyclic amines) is 1. The predicted octanol–water partition coefficient (Wildman–Crippen LogP) is 6.93. The van der Waals surface area contributed by atoms with Gasteiger partial charge in [0.1, 0.15) is 0 Å². The minimum absolute atomic E-state index is 0.0282. The molecule has 0 aromatic heterocycles. The van der Waals surface area contributed by atoms with Gasteiger partial charge in [-0.05, 0) is 66.3 Å². The molecule has 1 saturated heterocycles. The average molecular weight is 664 g/mol. The smallest absolute Gasteiger partial charge is 0.343 e. The second-order valence-electron chi connectivity index (χ2n) is 11.0.